The van der Waals surface area contributed by atoms with Crippen LogP contribution in [0.5, 0.6) is 0 Å². The van der Waals surface area contributed by atoms with Crippen molar-refractivity contribution in [3.8, 4) is 0 Å². The highest BCUT2D eigenvalue weighted by Crippen LogP contribution is 2.42. The number of rotatable bonds is 5. The summed E-state index contributed by atoms with van der Waals surface area (Å²) >= 11 is 1.71. The summed E-state index contributed by atoms with van der Waals surface area (Å²) in [5.41, 5.74) is 0.786. The highest BCUT2D eigenvalue weighted by atomic mass is 32.2. The number of carbonyl (C=O) groups excluding carboxylic acids is 2. The van der Waals surface area contributed by atoms with Gasteiger partial charge in [-0.2, -0.15) is 0 Å². The van der Waals surface area contributed by atoms with Crippen molar-refractivity contribution in [2.45, 2.75) is 82.3 Å². The number of nitrogens with one attached hydrogen (secondary N) is 1. The molecule has 1 saturated carbocycles. The Balaban J connectivity index is 0.00000338. The van der Waals surface area contributed by atoms with Crippen molar-refractivity contribution in [2.24, 2.45) is 0 Å². The summed E-state index contributed by atoms with van der Waals surface area (Å²) in [6.07, 6.45) is 1.08. The third-order valence-electron chi connectivity index (χ3n) is 4.99. The predicted octanol–water partition coefficient (Wildman–Crippen LogP) is 5.50. The molecule has 0 heterocycles. The van der Waals surface area contributed by atoms with E-state index in [9.17, 15) is 9.59 Å². The van der Waals surface area contributed by atoms with Crippen LogP contribution in [0.1, 0.15) is 48.0 Å². The molecule has 0 bridgehead atoms. The Morgan fingerprint density at radius 2 is 1.77 bits per heavy atom. The van der Waals surface area contributed by atoms with Crippen LogP contribution < -0.4 is 5.32 Å². The van der Waals surface area contributed by atoms with E-state index < -0.39 is 8.32 Å². The summed E-state index contributed by atoms with van der Waals surface area (Å²) in [4.78, 5) is 24.2. The quantitative estimate of drug-likeness (QED) is 0.669. The molecule has 1 aromatic rings. The Morgan fingerprint density at radius 3 is 2.27 bits per heavy atom. The first-order chi connectivity index (χ1) is 11.5. The maximum atomic E-state index is 12.0. The second kappa shape index (κ2) is 8.72. The minimum absolute atomic E-state index is 0. The van der Waals surface area contributed by atoms with Gasteiger partial charge in [0.2, 0.25) is 5.91 Å². The van der Waals surface area contributed by atoms with Gasteiger partial charge in [-0.15, -0.1) is 11.8 Å². The van der Waals surface area contributed by atoms with Crippen LogP contribution in [-0.2, 0) is 14.0 Å². The number of ketones is 1. The second-order valence-electron chi connectivity index (χ2n) is 8.23. The third kappa shape index (κ3) is 5.96. The Bertz CT molecular complexity index is 637. The Labute approximate surface area is 163 Å². The summed E-state index contributed by atoms with van der Waals surface area (Å²) in [7, 11) is -1.90. The lowest BCUT2D eigenvalue weighted by atomic mass is 10.2. The molecule has 1 aromatic carbocycles. The average molecular weight is 396 g/mol. The van der Waals surface area contributed by atoms with Gasteiger partial charge in [0, 0.05) is 35.6 Å². The first kappa shape index (κ1) is 22.9. The van der Waals surface area contributed by atoms with Gasteiger partial charge in [0.15, 0.2) is 8.32 Å². The zero-order valence-electron chi connectivity index (χ0n) is 16.0. The Kier molecular flexibility index (Phi) is 7.69. The smallest absolute Gasteiger partial charge is 0.221 e. The lowest BCUT2D eigenvalue weighted by Crippen LogP contribution is -2.45. The van der Waals surface area contributed by atoms with Crippen molar-refractivity contribution in [3.05, 3.63) is 24.3 Å². The molecule has 26 heavy (non-hydrogen) atoms. The Morgan fingerprint density at radius 1 is 1.19 bits per heavy atom. The van der Waals surface area contributed by atoms with E-state index >= 15 is 0 Å². The van der Waals surface area contributed by atoms with Crippen molar-refractivity contribution in [3.63, 3.8) is 0 Å². The van der Waals surface area contributed by atoms with Gasteiger partial charge >= 0.3 is 0 Å². The fraction of sp³-hybridized carbons (Fsp3) is 0.600. The molecule has 0 saturated heterocycles. The molecule has 2 rings (SSSR count). The molecular weight excluding hydrogens is 362 g/mol. The van der Waals surface area contributed by atoms with Crippen molar-refractivity contribution in [2.75, 3.05) is 5.32 Å². The molecule has 1 fully saturated rings. The number of anilines is 1. The maximum absolute atomic E-state index is 12.0. The van der Waals surface area contributed by atoms with Gasteiger partial charge < -0.3 is 9.74 Å². The number of thioether (sulfide) groups is 1. The molecule has 0 spiro atoms. The minimum Gasteiger partial charge on any atom is -0.412 e. The summed E-state index contributed by atoms with van der Waals surface area (Å²) in [6.45, 7) is 12.6. The number of hydrogen-bond acceptors (Lipinski definition) is 4. The van der Waals surface area contributed by atoms with Crippen molar-refractivity contribution < 1.29 is 14.0 Å². The molecule has 0 radical (unpaired) electrons. The van der Waals surface area contributed by atoms with Crippen LogP contribution in [0.3, 0.4) is 0 Å². The van der Waals surface area contributed by atoms with E-state index in [0.717, 1.165) is 10.6 Å². The first-order valence-electron chi connectivity index (χ1n) is 8.72. The van der Waals surface area contributed by atoms with E-state index in [1.807, 2.05) is 24.3 Å². The number of Topliss-reactive ketones (excluding diaryl/α,β-unsaturated/α-hetero) is 1. The normalized spacial score (nSPS) is 20.6. The molecule has 0 aromatic heterocycles. The lowest BCUT2D eigenvalue weighted by Gasteiger charge is -2.39. The maximum Gasteiger partial charge on any atom is 0.221 e. The molecule has 0 aliphatic heterocycles. The summed E-state index contributed by atoms with van der Waals surface area (Å²) < 4.78 is 6.54. The molecule has 2 atom stereocenters. The standard InChI is InChI=1S/C19H29NO3SSi.CH4/c1-13(21)20-14-7-9-16(10-8-14)24-18-12-15(22)11-17(18)23-25(5,6)19(2,3)4;/h7-10,17-18H,11-12H2,1-6H3,(H,20,21);1H4/t17-,18-;/m0./s1. The van der Waals surface area contributed by atoms with Gasteiger partial charge in [-0.05, 0) is 42.4 Å². The fourth-order valence-corrected chi connectivity index (χ4v) is 5.25. The molecule has 4 nitrogen and oxygen atoms in total. The summed E-state index contributed by atoms with van der Waals surface area (Å²) in [6, 6.07) is 7.76. The molecule has 146 valence electrons. The van der Waals surface area contributed by atoms with E-state index in [1.54, 1.807) is 11.8 Å². The zero-order valence-corrected chi connectivity index (χ0v) is 17.8. The van der Waals surface area contributed by atoms with Crippen LogP contribution in [-0.4, -0.2) is 31.4 Å². The number of benzene rings is 1. The lowest BCUT2D eigenvalue weighted by molar-refractivity contribution is -0.118. The first-order valence-corrected chi connectivity index (χ1v) is 12.5. The van der Waals surface area contributed by atoms with Gasteiger partial charge in [0.25, 0.3) is 0 Å². The van der Waals surface area contributed by atoms with Crippen LogP contribution in [0.25, 0.3) is 0 Å². The third-order valence-corrected chi connectivity index (χ3v) is 10.8. The van der Waals surface area contributed by atoms with Crippen molar-refractivity contribution in [1.82, 2.24) is 0 Å². The molecule has 1 aliphatic carbocycles. The molecule has 6 heteroatoms. The van der Waals surface area contributed by atoms with Gasteiger partial charge in [-0.1, -0.05) is 28.2 Å². The average Bonchev–Trinajstić information content (AvgIpc) is 2.78. The van der Waals surface area contributed by atoms with E-state index in [-0.39, 0.29) is 35.5 Å². The van der Waals surface area contributed by atoms with Crippen LogP contribution in [0.15, 0.2) is 29.2 Å². The van der Waals surface area contributed by atoms with Crippen molar-refractivity contribution >= 4 is 37.5 Å². The highest BCUT2D eigenvalue weighted by molar-refractivity contribution is 8.00. The van der Waals surface area contributed by atoms with E-state index in [2.05, 4.69) is 39.2 Å². The minimum atomic E-state index is -1.90. The molecular formula is C20H33NO3SSi. The molecule has 1 amide bonds. The van der Waals surface area contributed by atoms with Gasteiger partial charge in [-0.25, -0.2) is 0 Å². The van der Waals surface area contributed by atoms with Crippen LogP contribution >= 0.6 is 11.8 Å². The van der Waals surface area contributed by atoms with Crippen molar-refractivity contribution in [1.29, 1.82) is 0 Å². The molecule has 1 N–H and O–H groups in total. The number of carbonyl (C=O) groups is 2. The predicted molar refractivity (Wildman–Crippen MR) is 113 cm³/mol. The van der Waals surface area contributed by atoms with Crippen LogP contribution in [0, 0.1) is 0 Å². The fourth-order valence-electron chi connectivity index (χ4n) is 2.58. The number of hydrogen-bond donors (Lipinski definition) is 1. The van der Waals surface area contributed by atoms with Crippen LogP contribution in [0.2, 0.25) is 18.1 Å². The Hall–Kier alpha value is -1.11. The monoisotopic (exact) mass is 395 g/mol. The largest absolute Gasteiger partial charge is 0.412 e. The van der Waals surface area contributed by atoms with Gasteiger partial charge in [0.05, 0.1) is 6.10 Å². The highest BCUT2D eigenvalue weighted by Gasteiger charge is 2.44. The zero-order chi connectivity index (χ0) is 18.8. The second-order valence-corrected chi connectivity index (χ2v) is 14.3. The summed E-state index contributed by atoms with van der Waals surface area (Å²) in [5.74, 6) is 0.209. The topological polar surface area (TPSA) is 55.4 Å². The number of amides is 1. The van der Waals surface area contributed by atoms with E-state index in [1.165, 1.54) is 6.92 Å². The molecule has 1 aliphatic rings. The van der Waals surface area contributed by atoms with Gasteiger partial charge in [-0.3, -0.25) is 9.59 Å². The SMILES string of the molecule is C.CC(=O)Nc1ccc(S[C@H]2CC(=O)C[C@@H]2O[Si](C)(C)C(C)(C)C)cc1. The van der Waals surface area contributed by atoms with E-state index in [4.69, 9.17) is 4.43 Å². The molecule has 0 unspecified atom stereocenters. The van der Waals surface area contributed by atoms with Gasteiger partial charge in [0.1, 0.15) is 5.78 Å². The van der Waals surface area contributed by atoms with Crippen LogP contribution in [0.4, 0.5) is 5.69 Å². The summed E-state index contributed by atoms with van der Waals surface area (Å²) in [5, 5.41) is 3.06. The van der Waals surface area contributed by atoms with E-state index in [0.29, 0.717) is 12.8 Å².